The summed E-state index contributed by atoms with van der Waals surface area (Å²) in [6, 6.07) is 3.39. The summed E-state index contributed by atoms with van der Waals surface area (Å²) in [5.41, 5.74) is -0.654. The molecule has 0 saturated carbocycles. The van der Waals surface area contributed by atoms with E-state index in [0.717, 1.165) is 17.5 Å². The first-order chi connectivity index (χ1) is 18.6. The molecule has 1 aliphatic carbocycles. The number of carbonyl (C=O) groups excluding carboxylic acids is 2. The quantitative estimate of drug-likeness (QED) is 0.348. The Hall–Kier alpha value is -2.84. The van der Waals surface area contributed by atoms with Gasteiger partial charge in [-0.05, 0) is 87.5 Å². The lowest BCUT2D eigenvalue weighted by Gasteiger charge is -2.57. The van der Waals surface area contributed by atoms with E-state index < -0.39 is 40.6 Å². The summed E-state index contributed by atoms with van der Waals surface area (Å²) in [5, 5.41) is 22.4. The number of allylic oxidation sites excluding steroid dienone is 1. The van der Waals surface area contributed by atoms with Gasteiger partial charge in [-0.15, -0.1) is 0 Å². The van der Waals surface area contributed by atoms with Crippen LogP contribution in [0.25, 0.3) is 0 Å². The van der Waals surface area contributed by atoms with E-state index in [1.54, 1.807) is 19.1 Å². The molecule has 1 aromatic carbocycles. The van der Waals surface area contributed by atoms with Crippen molar-refractivity contribution in [1.82, 2.24) is 0 Å². The van der Waals surface area contributed by atoms with Crippen LogP contribution in [-0.2, 0) is 30.2 Å². The van der Waals surface area contributed by atoms with Crippen molar-refractivity contribution in [3.8, 4) is 11.5 Å². The molecule has 8 nitrogen and oxygen atoms in total. The Morgan fingerprint density at radius 2 is 1.73 bits per heavy atom. The van der Waals surface area contributed by atoms with Gasteiger partial charge in [0.1, 0.15) is 23.5 Å². The minimum Gasteiger partial charge on any atom is -0.508 e. The highest BCUT2D eigenvalue weighted by molar-refractivity contribution is 5.87. The SMILES string of the molecule is CC1=CC(=O)O[C@@]23CC(=O)O[C@@]12C[C@H]1C[C@H](O)[C@@]2(C)Oc4cc(O)cc(C)c4C[C@H]2CC(C)(C)/C=C\C[C@]1(C)O3. The number of hydrogen-bond donors (Lipinski definition) is 2. The topological polar surface area (TPSA) is 112 Å². The van der Waals surface area contributed by atoms with E-state index in [1.165, 1.54) is 6.08 Å². The van der Waals surface area contributed by atoms with E-state index in [0.29, 0.717) is 37.0 Å². The van der Waals surface area contributed by atoms with Crippen molar-refractivity contribution in [1.29, 1.82) is 0 Å². The van der Waals surface area contributed by atoms with Crippen LogP contribution in [0.5, 0.6) is 11.5 Å². The van der Waals surface area contributed by atoms with Gasteiger partial charge in [0.05, 0.1) is 11.7 Å². The van der Waals surface area contributed by atoms with Crippen LogP contribution >= 0.6 is 0 Å². The molecule has 0 radical (unpaired) electrons. The van der Waals surface area contributed by atoms with Gasteiger partial charge in [-0.1, -0.05) is 26.0 Å². The fourth-order valence-electron chi connectivity index (χ4n) is 8.01. The fourth-order valence-corrected chi connectivity index (χ4v) is 8.01. The molecule has 0 amide bonds. The van der Waals surface area contributed by atoms with Crippen LogP contribution in [0.1, 0.15) is 77.8 Å². The number of esters is 2. The Labute approximate surface area is 235 Å². The molecule has 0 spiro atoms. The highest BCUT2D eigenvalue weighted by Crippen LogP contribution is 2.60. The Balaban J connectivity index is 1.45. The summed E-state index contributed by atoms with van der Waals surface area (Å²) in [6.45, 7) is 12.1. The second-order valence-corrected chi connectivity index (χ2v) is 13.8. The van der Waals surface area contributed by atoms with E-state index >= 15 is 0 Å². The van der Waals surface area contributed by atoms with Crippen molar-refractivity contribution in [3.05, 3.63) is 47.1 Å². The molecule has 0 bridgehead atoms. The first-order valence-electron chi connectivity index (χ1n) is 14.3. The lowest BCUT2D eigenvalue weighted by atomic mass is 9.64. The molecule has 8 heteroatoms. The predicted octanol–water partition coefficient (Wildman–Crippen LogP) is 4.82. The van der Waals surface area contributed by atoms with E-state index in [-0.39, 0.29) is 29.4 Å². The Morgan fingerprint density at radius 3 is 2.48 bits per heavy atom. The van der Waals surface area contributed by atoms with Crippen molar-refractivity contribution >= 4 is 11.9 Å². The highest BCUT2D eigenvalue weighted by atomic mass is 16.8. The summed E-state index contributed by atoms with van der Waals surface area (Å²) in [4.78, 5) is 25.3. The van der Waals surface area contributed by atoms with Gasteiger partial charge < -0.3 is 29.2 Å². The summed E-state index contributed by atoms with van der Waals surface area (Å²) in [5.74, 6) is -2.11. The smallest absolute Gasteiger partial charge is 0.333 e. The zero-order valence-corrected chi connectivity index (χ0v) is 24.2. The second kappa shape index (κ2) is 8.58. The zero-order valence-electron chi connectivity index (χ0n) is 24.2. The molecule has 2 N–H and O–H groups in total. The number of aromatic hydroxyl groups is 1. The highest BCUT2D eigenvalue weighted by Gasteiger charge is 2.73. The third-order valence-corrected chi connectivity index (χ3v) is 10.4. The van der Waals surface area contributed by atoms with Gasteiger partial charge >= 0.3 is 11.9 Å². The standard InChI is InChI=1S/C32H40O8/c1-18-10-22(33)14-24-23(18)12-21-15-28(3,4)8-7-9-29(5)20(13-25(34)30(21,6)37-24)16-31-19(2)11-26(35)39-32(31,40-29)17-27(36)38-31/h7-8,10-11,14,20-21,25,33-34H,9,12-13,15-17H2,1-6H3/b8-7-/t20-,21+,25+,29+,30+,31+,32-/m1/s1. The van der Waals surface area contributed by atoms with Crippen molar-refractivity contribution in [2.75, 3.05) is 0 Å². The Bertz CT molecular complexity index is 1340. The zero-order chi connectivity index (χ0) is 28.9. The maximum absolute atomic E-state index is 12.8. The number of aryl methyl sites for hydroxylation is 1. The summed E-state index contributed by atoms with van der Waals surface area (Å²) < 4.78 is 25.2. The minimum absolute atomic E-state index is 0.00872. The molecule has 7 atom stereocenters. The first-order valence-corrected chi connectivity index (χ1v) is 14.3. The Morgan fingerprint density at radius 1 is 0.975 bits per heavy atom. The Kier molecular flexibility index (Phi) is 5.87. The van der Waals surface area contributed by atoms with Gasteiger partial charge in [0.15, 0.2) is 5.60 Å². The van der Waals surface area contributed by atoms with Crippen LogP contribution in [-0.4, -0.2) is 50.8 Å². The van der Waals surface area contributed by atoms with E-state index in [9.17, 15) is 19.8 Å². The van der Waals surface area contributed by atoms with Gasteiger partial charge in [0.25, 0.3) is 5.79 Å². The molecule has 4 aliphatic heterocycles. The summed E-state index contributed by atoms with van der Waals surface area (Å²) in [6.07, 6.45) is 7.30. The summed E-state index contributed by atoms with van der Waals surface area (Å²) >= 11 is 0. The van der Waals surface area contributed by atoms with Gasteiger partial charge in [0.2, 0.25) is 0 Å². The lowest BCUT2D eigenvalue weighted by molar-refractivity contribution is -0.352. The van der Waals surface area contributed by atoms with Gasteiger partial charge in [-0.3, -0.25) is 4.79 Å². The molecule has 0 aromatic heterocycles. The molecule has 6 rings (SSSR count). The van der Waals surface area contributed by atoms with Crippen LogP contribution in [0.3, 0.4) is 0 Å². The van der Waals surface area contributed by atoms with Gasteiger partial charge in [0, 0.05) is 24.5 Å². The normalized spacial score (nSPS) is 42.7. The number of phenolic OH excluding ortho intramolecular Hbond substituents is 1. The number of benzene rings is 1. The number of fused-ring (bicyclic) bond motifs is 3. The third kappa shape index (κ3) is 3.93. The number of rotatable bonds is 0. The van der Waals surface area contributed by atoms with Gasteiger partial charge in [-0.25, -0.2) is 4.79 Å². The average Bonchev–Trinajstić information content (AvgIpc) is 3.10. The number of carbonyl (C=O) groups is 2. The number of hydrogen-bond acceptors (Lipinski definition) is 8. The maximum Gasteiger partial charge on any atom is 0.333 e. The fraction of sp³-hybridized carbons (Fsp3) is 0.625. The van der Waals surface area contributed by atoms with E-state index in [4.69, 9.17) is 18.9 Å². The van der Waals surface area contributed by atoms with Crippen LogP contribution < -0.4 is 4.74 Å². The predicted molar refractivity (Wildman–Crippen MR) is 145 cm³/mol. The third-order valence-electron chi connectivity index (χ3n) is 10.4. The van der Waals surface area contributed by atoms with Crippen LogP contribution in [0, 0.1) is 24.2 Å². The van der Waals surface area contributed by atoms with Crippen LogP contribution in [0.2, 0.25) is 0 Å². The molecular formula is C32H40O8. The van der Waals surface area contributed by atoms with Gasteiger partial charge in [-0.2, -0.15) is 0 Å². The molecule has 2 saturated heterocycles. The molecule has 4 heterocycles. The maximum atomic E-state index is 12.8. The molecule has 40 heavy (non-hydrogen) atoms. The molecule has 2 fully saturated rings. The van der Waals surface area contributed by atoms with Crippen LogP contribution in [0.4, 0.5) is 0 Å². The minimum atomic E-state index is -1.54. The number of phenols is 1. The van der Waals surface area contributed by atoms with E-state index in [1.807, 2.05) is 20.8 Å². The van der Waals surface area contributed by atoms with Crippen molar-refractivity contribution in [2.24, 2.45) is 17.3 Å². The summed E-state index contributed by atoms with van der Waals surface area (Å²) in [7, 11) is 0. The van der Waals surface area contributed by atoms with Crippen LogP contribution in [0.15, 0.2) is 35.9 Å². The van der Waals surface area contributed by atoms with Crippen molar-refractivity contribution < 1.29 is 38.7 Å². The van der Waals surface area contributed by atoms with E-state index in [2.05, 4.69) is 26.0 Å². The molecule has 216 valence electrons. The average molecular weight is 553 g/mol. The molecule has 1 aromatic rings. The molecular weight excluding hydrogens is 512 g/mol. The molecule has 5 aliphatic rings. The lowest BCUT2D eigenvalue weighted by Crippen LogP contribution is -2.68. The monoisotopic (exact) mass is 552 g/mol. The first kappa shape index (κ1) is 27.3. The number of aliphatic hydroxyl groups excluding tert-OH is 1. The van der Waals surface area contributed by atoms with Crippen molar-refractivity contribution in [3.63, 3.8) is 0 Å². The number of ether oxygens (including phenoxy) is 4. The largest absolute Gasteiger partial charge is 0.508 e. The van der Waals surface area contributed by atoms with Crippen molar-refractivity contribution in [2.45, 2.75) is 109 Å². The number of aliphatic hydroxyl groups is 1. The second-order valence-electron chi connectivity index (χ2n) is 13.8. The molecule has 0 unspecified atom stereocenters.